The summed E-state index contributed by atoms with van der Waals surface area (Å²) in [5.41, 5.74) is 0. The Morgan fingerprint density at radius 3 is 1.23 bits per heavy atom. The van der Waals surface area contributed by atoms with Gasteiger partial charge in [-0.3, -0.25) is 0 Å². The highest BCUT2D eigenvalue weighted by atomic mass is 16.5. The van der Waals surface area contributed by atoms with E-state index >= 15 is 0 Å². The van der Waals surface area contributed by atoms with Crippen molar-refractivity contribution in [2.24, 2.45) is 0 Å². The van der Waals surface area contributed by atoms with Crippen molar-refractivity contribution in [2.75, 3.05) is 67.6 Å². The van der Waals surface area contributed by atoms with Crippen LogP contribution in [0.1, 0.15) is 65.2 Å². The van der Waals surface area contributed by atoms with Gasteiger partial charge in [-0.05, 0) is 49.9 Å². The van der Waals surface area contributed by atoms with Crippen molar-refractivity contribution in [1.82, 2.24) is 0 Å². The molecule has 0 unspecified atom stereocenters. The summed E-state index contributed by atoms with van der Waals surface area (Å²) in [6.07, 6.45) is 10.6. The van der Waals surface area contributed by atoms with E-state index < -0.39 is 0 Å². The molecular formula is C26H50N2O2+2. The number of hydrogen-bond acceptors (Lipinski definition) is 2. The minimum Gasteiger partial charge on any atom is -0.488 e. The van der Waals surface area contributed by atoms with E-state index in [0.717, 1.165) is 46.8 Å². The Morgan fingerprint density at radius 1 is 0.533 bits per heavy atom. The molecule has 174 valence electrons. The molecule has 4 nitrogen and oxygen atoms in total. The van der Waals surface area contributed by atoms with E-state index in [0.29, 0.717) is 0 Å². The monoisotopic (exact) mass is 422 g/mol. The first-order valence-corrected chi connectivity index (χ1v) is 12.3. The quantitative estimate of drug-likeness (QED) is 0.221. The Balaban J connectivity index is 2.25. The highest BCUT2D eigenvalue weighted by molar-refractivity contribution is 5.31. The molecule has 0 N–H and O–H groups in total. The summed E-state index contributed by atoms with van der Waals surface area (Å²) in [5, 5.41) is 0. The Bertz CT molecular complexity index is 491. The third kappa shape index (κ3) is 13.1. The second kappa shape index (κ2) is 14.7. The standard InChI is InChI=1S/C26H50N2O2/c1-7-9-11-13-19-27(3,4)21-23-29-25-15-17-26(18-16-25)30-24-22-28(5,6)20-14-12-10-8-2/h15-18H,7-14,19-24H2,1-6H3/q+2. The summed E-state index contributed by atoms with van der Waals surface area (Å²) in [4.78, 5) is 0. The summed E-state index contributed by atoms with van der Waals surface area (Å²) in [6, 6.07) is 8.12. The summed E-state index contributed by atoms with van der Waals surface area (Å²) >= 11 is 0. The molecule has 0 atom stereocenters. The molecule has 0 saturated heterocycles. The first-order valence-electron chi connectivity index (χ1n) is 12.3. The molecule has 0 saturated carbocycles. The minimum absolute atomic E-state index is 0.755. The first kappa shape index (κ1) is 26.8. The molecule has 0 aromatic heterocycles. The molecule has 0 amide bonds. The molecule has 0 aliphatic rings. The Labute approximate surface area is 187 Å². The number of rotatable bonds is 18. The van der Waals surface area contributed by atoms with Gasteiger partial charge in [0, 0.05) is 0 Å². The van der Waals surface area contributed by atoms with E-state index in [1.165, 1.54) is 64.5 Å². The fourth-order valence-corrected chi connectivity index (χ4v) is 3.61. The molecular weight excluding hydrogens is 372 g/mol. The maximum atomic E-state index is 5.97. The van der Waals surface area contributed by atoms with Crippen LogP contribution in [-0.2, 0) is 0 Å². The lowest BCUT2D eigenvalue weighted by atomic mass is 10.2. The van der Waals surface area contributed by atoms with Gasteiger partial charge in [0.25, 0.3) is 0 Å². The van der Waals surface area contributed by atoms with Crippen molar-refractivity contribution in [1.29, 1.82) is 0 Å². The second-order valence-corrected chi connectivity index (χ2v) is 10.1. The third-order valence-electron chi connectivity index (χ3n) is 5.99. The van der Waals surface area contributed by atoms with E-state index in [1.54, 1.807) is 0 Å². The van der Waals surface area contributed by atoms with Crippen LogP contribution in [0.2, 0.25) is 0 Å². The number of nitrogens with zero attached hydrogens (tertiary/aromatic N) is 2. The van der Waals surface area contributed by atoms with Gasteiger partial charge in [-0.25, -0.2) is 0 Å². The van der Waals surface area contributed by atoms with Crippen LogP contribution in [-0.4, -0.2) is 76.5 Å². The topological polar surface area (TPSA) is 18.5 Å². The van der Waals surface area contributed by atoms with Crippen molar-refractivity contribution in [3.63, 3.8) is 0 Å². The van der Waals surface area contributed by atoms with Crippen molar-refractivity contribution >= 4 is 0 Å². The maximum Gasteiger partial charge on any atom is 0.137 e. The summed E-state index contributed by atoms with van der Waals surface area (Å²) in [5.74, 6) is 1.86. The molecule has 30 heavy (non-hydrogen) atoms. The van der Waals surface area contributed by atoms with Gasteiger partial charge in [-0.2, -0.15) is 0 Å². The van der Waals surface area contributed by atoms with Crippen molar-refractivity contribution in [3.05, 3.63) is 24.3 Å². The lowest BCUT2D eigenvalue weighted by Crippen LogP contribution is -2.43. The van der Waals surface area contributed by atoms with Gasteiger partial charge in [0.15, 0.2) is 0 Å². The van der Waals surface area contributed by atoms with Gasteiger partial charge in [0.2, 0.25) is 0 Å². The van der Waals surface area contributed by atoms with E-state index in [9.17, 15) is 0 Å². The molecule has 0 bridgehead atoms. The maximum absolute atomic E-state index is 5.97. The number of unbranched alkanes of at least 4 members (excludes halogenated alkanes) is 6. The SMILES string of the molecule is CCCCCC[N+](C)(C)CCOc1ccc(OCC[N+](C)(C)CCCCCC)cc1. The highest BCUT2D eigenvalue weighted by Gasteiger charge is 2.15. The van der Waals surface area contributed by atoms with Gasteiger partial charge >= 0.3 is 0 Å². The van der Waals surface area contributed by atoms with Gasteiger partial charge in [-0.15, -0.1) is 0 Å². The number of quaternary nitrogens is 2. The fraction of sp³-hybridized carbons (Fsp3) is 0.769. The molecule has 0 heterocycles. The third-order valence-corrected chi connectivity index (χ3v) is 5.99. The number of benzene rings is 1. The van der Waals surface area contributed by atoms with Crippen molar-refractivity contribution in [2.45, 2.75) is 65.2 Å². The fourth-order valence-electron chi connectivity index (χ4n) is 3.61. The molecule has 0 spiro atoms. The zero-order valence-corrected chi connectivity index (χ0v) is 20.9. The van der Waals surface area contributed by atoms with Crippen LogP contribution >= 0.6 is 0 Å². The number of likely N-dealkylation sites (N-methyl/N-ethyl adjacent to an activating group) is 2. The smallest absolute Gasteiger partial charge is 0.137 e. The second-order valence-electron chi connectivity index (χ2n) is 10.1. The predicted octanol–water partition coefficient (Wildman–Crippen LogP) is 5.76. The van der Waals surface area contributed by atoms with E-state index in [1.807, 2.05) is 24.3 Å². The zero-order chi connectivity index (χ0) is 22.3. The minimum atomic E-state index is 0.755. The lowest BCUT2D eigenvalue weighted by molar-refractivity contribution is -0.890. The molecule has 1 aromatic carbocycles. The van der Waals surface area contributed by atoms with Gasteiger partial charge in [-0.1, -0.05) is 39.5 Å². The molecule has 0 aliphatic carbocycles. The van der Waals surface area contributed by atoms with Crippen LogP contribution in [0, 0.1) is 0 Å². The van der Waals surface area contributed by atoms with Crippen LogP contribution in [0.25, 0.3) is 0 Å². The van der Waals surface area contributed by atoms with Crippen LogP contribution in [0.5, 0.6) is 11.5 Å². The highest BCUT2D eigenvalue weighted by Crippen LogP contribution is 2.18. The average molecular weight is 423 g/mol. The molecule has 1 rings (SSSR count). The lowest BCUT2D eigenvalue weighted by Gasteiger charge is -2.30. The molecule has 0 radical (unpaired) electrons. The van der Waals surface area contributed by atoms with Crippen molar-refractivity contribution in [3.8, 4) is 11.5 Å². The van der Waals surface area contributed by atoms with E-state index in [4.69, 9.17) is 9.47 Å². The summed E-state index contributed by atoms with van der Waals surface area (Å²) in [6.45, 7) is 10.6. The molecule has 4 heteroatoms. The molecule has 0 fully saturated rings. The van der Waals surface area contributed by atoms with Crippen molar-refractivity contribution < 1.29 is 18.4 Å². The average Bonchev–Trinajstić information content (AvgIpc) is 2.70. The zero-order valence-electron chi connectivity index (χ0n) is 20.9. The first-order chi connectivity index (χ1) is 14.3. The van der Waals surface area contributed by atoms with Gasteiger partial charge in [0.1, 0.15) is 37.8 Å². The van der Waals surface area contributed by atoms with E-state index in [2.05, 4.69) is 42.0 Å². The molecule has 0 aliphatic heterocycles. The summed E-state index contributed by atoms with van der Waals surface area (Å²) < 4.78 is 14.0. The van der Waals surface area contributed by atoms with Gasteiger partial charge < -0.3 is 18.4 Å². The predicted molar refractivity (Wildman–Crippen MR) is 129 cm³/mol. The number of ether oxygens (including phenoxy) is 2. The van der Waals surface area contributed by atoms with Crippen LogP contribution in [0.15, 0.2) is 24.3 Å². The normalized spacial score (nSPS) is 12.2. The Hall–Kier alpha value is -1.26. The molecule has 1 aromatic rings. The van der Waals surface area contributed by atoms with E-state index in [-0.39, 0.29) is 0 Å². The summed E-state index contributed by atoms with van der Waals surface area (Å²) in [7, 11) is 9.21. The number of hydrogen-bond donors (Lipinski definition) is 0. The largest absolute Gasteiger partial charge is 0.488 e. The van der Waals surface area contributed by atoms with Crippen LogP contribution < -0.4 is 9.47 Å². The van der Waals surface area contributed by atoms with Gasteiger partial charge in [0.05, 0.1) is 41.3 Å². The van der Waals surface area contributed by atoms with Crippen LogP contribution in [0.4, 0.5) is 0 Å². The Kier molecular flexibility index (Phi) is 13.1. The van der Waals surface area contributed by atoms with Crippen LogP contribution in [0.3, 0.4) is 0 Å². The Morgan fingerprint density at radius 2 is 0.900 bits per heavy atom.